The van der Waals surface area contributed by atoms with Crippen LogP contribution in [-0.2, 0) is 14.2 Å². The van der Waals surface area contributed by atoms with E-state index in [1.807, 2.05) is 7.05 Å². The molecule has 0 aliphatic rings. The van der Waals surface area contributed by atoms with Gasteiger partial charge in [-0.05, 0) is 32.7 Å². The average molecular weight is 247 g/mol. The molecule has 0 aromatic rings. The van der Waals surface area contributed by atoms with E-state index in [-0.39, 0.29) is 0 Å². The van der Waals surface area contributed by atoms with Crippen LogP contribution >= 0.6 is 0 Å². The smallest absolute Gasteiger partial charge is 0.0700 e. The minimum atomic E-state index is 0.629. The molecule has 1 N–H and O–H groups in total. The van der Waals surface area contributed by atoms with E-state index in [9.17, 15) is 0 Å². The molecule has 0 aromatic heterocycles. The lowest BCUT2D eigenvalue weighted by Gasteiger charge is -2.13. The summed E-state index contributed by atoms with van der Waals surface area (Å²) in [5.74, 6) is 0. The summed E-state index contributed by atoms with van der Waals surface area (Å²) in [4.78, 5) is 0. The minimum Gasteiger partial charge on any atom is -0.385 e. The molecule has 0 saturated heterocycles. The number of hydrogen-bond donors (Lipinski definition) is 1. The summed E-state index contributed by atoms with van der Waals surface area (Å²) in [7, 11) is 3.72. The molecule has 0 aliphatic heterocycles. The summed E-state index contributed by atoms with van der Waals surface area (Å²) >= 11 is 0. The third-order valence-electron chi connectivity index (χ3n) is 2.75. The first kappa shape index (κ1) is 16.8. The zero-order chi connectivity index (χ0) is 12.8. The number of methoxy groups -OCH3 is 1. The summed E-state index contributed by atoms with van der Waals surface area (Å²) in [6.45, 7) is 5.95. The summed E-state index contributed by atoms with van der Waals surface area (Å²) in [5, 5.41) is 3.29. The maximum Gasteiger partial charge on any atom is 0.0700 e. The Balaban J connectivity index is 3.03. The van der Waals surface area contributed by atoms with E-state index in [4.69, 9.17) is 14.2 Å². The van der Waals surface area contributed by atoms with Crippen molar-refractivity contribution < 1.29 is 14.2 Å². The third kappa shape index (κ3) is 12.1. The van der Waals surface area contributed by atoms with Gasteiger partial charge in [0.15, 0.2) is 0 Å². The van der Waals surface area contributed by atoms with Crippen LogP contribution in [0.1, 0.15) is 32.6 Å². The second kappa shape index (κ2) is 13.9. The van der Waals surface area contributed by atoms with E-state index < -0.39 is 0 Å². The van der Waals surface area contributed by atoms with Crippen LogP contribution in [-0.4, -0.2) is 53.2 Å². The molecule has 1 atom stereocenters. The SMILES string of the molecule is CCC(CCCOCCOCCCOC)NC. The Morgan fingerprint density at radius 1 is 0.941 bits per heavy atom. The van der Waals surface area contributed by atoms with Gasteiger partial charge in [-0.15, -0.1) is 0 Å². The summed E-state index contributed by atoms with van der Waals surface area (Å²) in [6.07, 6.45) is 4.43. The van der Waals surface area contributed by atoms with Crippen molar-refractivity contribution in [1.82, 2.24) is 5.32 Å². The first-order valence-corrected chi connectivity index (χ1v) is 6.66. The van der Waals surface area contributed by atoms with Crippen LogP contribution in [0.25, 0.3) is 0 Å². The van der Waals surface area contributed by atoms with Crippen molar-refractivity contribution in [3.8, 4) is 0 Å². The van der Waals surface area contributed by atoms with Gasteiger partial charge < -0.3 is 19.5 Å². The highest BCUT2D eigenvalue weighted by molar-refractivity contribution is 4.60. The molecule has 0 fully saturated rings. The van der Waals surface area contributed by atoms with Gasteiger partial charge in [-0.3, -0.25) is 0 Å². The largest absolute Gasteiger partial charge is 0.385 e. The van der Waals surface area contributed by atoms with Crippen LogP contribution in [0.3, 0.4) is 0 Å². The molecule has 17 heavy (non-hydrogen) atoms. The molecule has 0 amide bonds. The number of hydrogen-bond acceptors (Lipinski definition) is 4. The fourth-order valence-electron chi connectivity index (χ4n) is 1.61. The summed E-state index contributed by atoms with van der Waals surface area (Å²) in [6, 6.07) is 0.629. The van der Waals surface area contributed by atoms with Gasteiger partial charge in [0, 0.05) is 33.0 Å². The van der Waals surface area contributed by atoms with Crippen LogP contribution in [0, 0.1) is 0 Å². The molecule has 0 bridgehead atoms. The Morgan fingerprint density at radius 2 is 1.59 bits per heavy atom. The number of ether oxygens (including phenoxy) is 3. The van der Waals surface area contributed by atoms with Gasteiger partial charge in [-0.25, -0.2) is 0 Å². The van der Waals surface area contributed by atoms with Crippen molar-refractivity contribution in [2.75, 3.05) is 47.2 Å². The molecule has 4 nitrogen and oxygen atoms in total. The highest BCUT2D eigenvalue weighted by atomic mass is 16.5. The molecular formula is C13H29NO3. The zero-order valence-electron chi connectivity index (χ0n) is 11.7. The standard InChI is InChI=1S/C13H29NO3/c1-4-13(14-2)7-5-9-16-11-12-17-10-6-8-15-3/h13-14H,4-12H2,1-3H3. The Kier molecular flexibility index (Phi) is 13.8. The summed E-state index contributed by atoms with van der Waals surface area (Å²) in [5.41, 5.74) is 0. The second-order valence-electron chi connectivity index (χ2n) is 4.11. The van der Waals surface area contributed by atoms with Gasteiger partial charge >= 0.3 is 0 Å². The minimum absolute atomic E-state index is 0.629. The van der Waals surface area contributed by atoms with Crippen molar-refractivity contribution in [1.29, 1.82) is 0 Å². The fourth-order valence-corrected chi connectivity index (χ4v) is 1.61. The Labute approximate surface area is 106 Å². The first-order chi connectivity index (χ1) is 8.35. The van der Waals surface area contributed by atoms with E-state index in [1.165, 1.54) is 12.8 Å². The van der Waals surface area contributed by atoms with Crippen molar-refractivity contribution >= 4 is 0 Å². The summed E-state index contributed by atoms with van der Waals surface area (Å²) < 4.78 is 15.8. The lowest BCUT2D eigenvalue weighted by atomic mass is 10.1. The van der Waals surface area contributed by atoms with Crippen LogP contribution < -0.4 is 5.32 Å². The fraction of sp³-hybridized carbons (Fsp3) is 1.00. The quantitative estimate of drug-likeness (QED) is 0.504. The van der Waals surface area contributed by atoms with Gasteiger partial charge in [-0.2, -0.15) is 0 Å². The predicted molar refractivity (Wildman–Crippen MR) is 70.5 cm³/mol. The van der Waals surface area contributed by atoms with Gasteiger partial charge in [0.25, 0.3) is 0 Å². The molecule has 0 spiro atoms. The molecule has 0 rings (SSSR count). The molecule has 1 unspecified atom stereocenters. The molecule has 0 radical (unpaired) electrons. The van der Waals surface area contributed by atoms with Crippen LogP contribution in [0.15, 0.2) is 0 Å². The normalized spacial score (nSPS) is 12.9. The lowest BCUT2D eigenvalue weighted by Crippen LogP contribution is -2.24. The van der Waals surface area contributed by atoms with E-state index in [0.29, 0.717) is 19.3 Å². The molecule has 4 heteroatoms. The maximum atomic E-state index is 5.50. The van der Waals surface area contributed by atoms with Crippen molar-refractivity contribution in [3.05, 3.63) is 0 Å². The molecule has 0 aromatic carbocycles. The molecule has 0 heterocycles. The Bertz CT molecular complexity index is 141. The number of rotatable bonds is 13. The monoisotopic (exact) mass is 247 g/mol. The molecule has 0 aliphatic carbocycles. The van der Waals surface area contributed by atoms with Gasteiger partial charge in [0.05, 0.1) is 13.2 Å². The van der Waals surface area contributed by atoms with E-state index in [2.05, 4.69) is 12.2 Å². The molecular weight excluding hydrogens is 218 g/mol. The van der Waals surface area contributed by atoms with Gasteiger partial charge in [-0.1, -0.05) is 6.92 Å². The molecule has 0 saturated carbocycles. The van der Waals surface area contributed by atoms with Crippen molar-refractivity contribution in [2.24, 2.45) is 0 Å². The topological polar surface area (TPSA) is 39.7 Å². The first-order valence-electron chi connectivity index (χ1n) is 6.66. The highest BCUT2D eigenvalue weighted by Gasteiger charge is 2.01. The van der Waals surface area contributed by atoms with Crippen molar-refractivity contribution in [3.63, 3.8) is 0 Å². The average Bonchev–Trinajstić information content (AvgIpc) is 2.36. The van der Waals surface area contributed by atoms with E-state index in [0.717, 1.165) is 32.7 Å². The Morgan fingerprint density at radius 3 is 2.12 bits per heavy atom. The van der Waals surface area contributed by atoms with Crippen LogP contribution in [0.5, 0.6) is 0 Å². The predicted octanol–water partition coefficient (Wildman–Crippen LogP) is 1.83. The third-order valence-corrected chi connectivity index (χ3v) is 2.75. The zero-order valence-corrected chi connectivity index (χ0v) is 11.7. The van der Waals surface area contributed by atoms with Gasteiger partial charge in [0.2, 0.25) is 0 Å². The van der Waals surface area contributed by atoms with E-state index in [1.54, 1.807) is 7.11 Å². The number of nitrogens with one attached hydrogen (secondary N) is 1. The van der Waals surface area contributed by atoms with Crippen LogP contribution in [0.2, 0.25) is 0 Å². The maximum absolute atomic E-state index is 5.50. The lowest BCUT2D eigenvalue weighted by molar-refractivity contribution is 0.0383. The molecule has 104 valence electrons. The van der Waals surface area contributed by atoms with E-state index >= 15 is 0 Å². The highest BCUT2D eigenvalue weighted by Crippen LogP contribution is 2.00. The second-order valence-corrected chi connectivity index (χ2v) is 4.11. The van der Waals surface area contributed by atoms with Gasteiger partial charge in [0.1, 0.15) is 0 Å². The van der Waals surface area contributed by atoms with Crippen LogP contribution in [0.4, 0.5) is 0 Å². The Hall–Kier alpha value is -0.160. The van der Waals surface area contributed by atoms with Crippen molar-refractivity contribution in [2.45, 2.75) is 38.6 Å².